The fourth-order valence-corrected chi connectivity index (χ4v) is 1.59. The molecular weight excluding hydrogens is 200 g/mol. The molecule has 1 heterocycles. The number of hydrogen-bond donors (Lipinski definition) is 2. The third-order valence-corrected chi connectivity index (χ3v) is 2.55. The van der Waals surface area contributed by atoms with Gasteiger partial charge in [0.15, 0.2) is 0 Å². The highest BCUT2D eigenvalue weighted by Crippen LogP contribution is 2.07. The SMILES string of the molecule is Cc1cc(NCCCC(C)CN)nc(C)n1. The Hall–Kier alpha value is -1.16. The zero-order valence-electron chi connectivity index (χ0n) is 10.5. The van der Waals surface area contributed by atoms with Crippen molar-refractivity contribution in [2.24, 2.45) is 11.7 Å². The maximum absolute atomic E-state index is 5.56. The van der Waals surface area contributed by atoms with Gasteiger partial charge >= 0.3 is 0 Å². The number of nitrogens with two attached hydrogens (primary N) is 1. The topological polar surface area (TPSA) is 63.8 Å². The van der Waals surface area contributed by atoms with Crippen molar-refractivity contribution in [3.8, 4) is 0 Å². The summed E-state index contributed by atoms with van der Waals surface area (Å²) in [5.74, 6) is 2.35. The fourth-order valence-electron chi connectivity index (χ4n) is 1.59. The van der Waals surface area contributed by atoms with Crippen LogP contribution in [-0.2, 0) is 0 Å². The van der Waals surface area contributed by atoms with Crippen LogP contribution in [0.5, 0.6) is 0 Å². The summed E-state index contributed by atoms with van der Waals surface area (Å²) in [5, 5.41) is 3.31. The van der Waals surface area contributed by atoms with E-state index in [0.717, 1.165) is 43.3 Å². The van der Waals surface area contributed by atoms with E-state index in [2.05, 4.69) is 22.2 Å². The van der Waals surface area contributed by atoms with Gasteiger partial charge in [-0.2, -0.15) is 0 Å². The van der Waals surface area contributed by atoms with Gasteiger partial charge in [-0.3, -0.25) is 0 Å². The van der Waals surface area contributed by atoms with Gasteiger partial charge in [0.2, 0.25) is 0 Å². The van der Waals surface area contributed by atoms with E-state index in [9.17, 15) is 0 Å². The molecule has 0 spiro atoms. The average Bonchev–Trinajstić information content (AvgIpc) is 2.22. The van der Waals surface area contributed by atoms with Crippen LogP contribution in [-0.4, -0.2) is 23.1 Å². The highest BCUT2D eigenvalue weighted by molar-refractivity contribution is 5.35. The number of aryl methyl sites for hydroxylation is 2. The van der Waals surface area contributed by atoms with Crippen LogP contribution in [0.15, 0.2) is 6.07 Å². The number of nitrogens with zero attached hydrogens (tertiary/aromatic N) is 2. The minimum atomic E-state index is 0.607. The lowest BCUT2D eigenvalue weighted by molar-refractivity contribution is 0.529. The molecule has 0 radical (unpaired) electrons. The highest BCUT2D eigenvalue weighted by Gasteiger charge is 2.00. The van der Waals surface area contributed by atoms with Crippen LogP contribution in [0.2, 0.25) is 0 Å². The summed E-state index contributed by atoms with van der Waals surface area (Å²) in [6.07, 6.45) is 2.28. The first-order valence-corrected chi connectivity index (χ1v) is 5.88. The summed E-state index contributed by atoms with van der Waals surface area (Å²) in [6.45, 7) is 7.79. The summed E-state index contributed by atoms with van der Waals surface area (Å²) >= 11 is 0. The third kappa shape index (κ3) is 4.57. The lowest BCUT2D eigenvalue weighted by Gasteiger charge is -2.09. The minimum absolute atomic E-state index is 0.607. The maximum Gasteiger partial charge on any atom is 0.129 e. The molecule has 0 bridgehead atoms. The average molecular weight is 222 g/mol. The molecule has 0 aliphatic heterocycles. The molecule has 0 aliphatic carbocycles. The predicted molar refractivity (Wildman–Crippen MR) is 67.4 cm³/mol. The lowest BCUT2D eigenvalue weighted by Crippen LogP contribution is -2.13. The number of anilines is 1. The van der Waals surface area contributed by atoms with Crippen LogP contribution in [0.25, 0.3) is 0 Å². The summed E-state index contributed by atoms with van der Waals surface area (Å²) < 4.78 is 0. The van der Waals surface area contributed by atoms with Crippen LogP contribution in [0.3, 0.4) is 0 Å². The van der Waals surface area contributed by atoms with E-state index in [0.29, 0.717) is 5.92 Å². The molecule has 3 N–H and O–H groups in total. The molecule has 0 amide bonds. The van der Waals surface area contributed by atoms with Crippen LogP contribution >= 0.6 is 0 Å². The van der Waals surface area contributed by atoms with Gasteiger partial charge < -0.3 is 11.1 Å². The Morgan fingerprint density at radius 1 is 1.38 bits per heavy atom. The van der Waals surface area contributed by atoms with Gasteiger partial charge in [-0.1, -0.05) is 6.92 Å². The van der Waals surface area contributed by atoms with Crippen molar-refractivity contribution < 1.29 is 0 Å². The molecule has 1 rings (SSSR count). The van der Waals surface area contributed by atoms with Crippen LogP contribution in [0.4, 0.5) is 5.82 Å². The second-order valence-electron chi connectivity index (χ2n) is 4.35. The Morgan fingerprint density at radius 3 is 2.75 bits per heavy atom. The molecule has 90 valence electrons. The predicted octanol–water partition coefficient (Wildman–Crippen LogP) is 1.88. The van der Waals surface area contributed by atoms with Gasteiger partial charge in [-0.15, -0.1) is 0 Å². The number of hydrogen-bond acceptors (Lipinski definition) is 4. The van der Waals surface area contributed by atoms with Crippen LogP contribution < -0.4 is 11.1 Å². The second-order valence-corrected chi connectivity index (χ2v) is 4.35. The quantitative estimate of drug-likeness (QED) is 0.721. The van der Waals surface area contributed by atoms with Crippen molar-refractivity contribution in [1.29, 1.82) is 0 Å². The van der Waals surface area contributed by atoms with E-state index < -0.39 is 0 Å². The fraction of sp³-hybridized carbons (Fsp3) is 0.667. The Kier molecular flexibility index (Phi) is 5.19. The van der Waals surface area contributed by atoms with Crippen molar-refractivity contribution >= 4 is 5.82 Å². The molecule has 4 heteroatoms. The highest BCUT2D eigenvalue weighted by atomic mass is 15.0. The zero-order valence-corrected chi connectivity index (χ0v) is 10.5. The molecule has 0 saturated heterocycles. The molecule has 1 atom stereocenters. The van der Waals surface area contributed by atoms with Crippen molar-refractivity contribution in [1.82, 2.24) is 9.97 Å². The first-order chi connectivity index (χ1) is 7.61. The van der Waals surface area contributed by atoms with E-state index in [-0.39, 0.29) is 0 Å². The van der Waals surface area contributed by atoms with E-state index in [1.54, 1.807) is 0 Å². The van der Waals surface area contributed by atoms with Gasteiger partial charge in [-0.25, -0.2) is 9.97 Å². The van der Waals surface area contributed by atoms with Gasteiger partial charge in [0.05, 0.1) is 0 Å². The van der Waals surface area contributed by atoms with Gasteiger partial charge in [-0.05, 0) is 39.2 Å². The maximum atomic E-state index is 5.56. The monoisotopic (exact) mass is 222 g/mol. The van der Waals surface area contributed by atoms with Gasteiger partial charge in [0, 0.05) is 18.3 Å². The van der Waals surface area contributed by atoms with Gasteiger partial charge in [0.1, 0.15) is 11.6 Å². The summed E-state index contributed by atoms with van der Waals surface area (Å²) in [4.78, 5) is 8.56. The second kappa shape index (κ2) is 6.43. The Balaban J connectivity index is 2.32. The smallest absolute Gasteiger partial charge is 0.129 e. The van der Waals surface area contributed by atoms with Crippen LogP contribution in [0.1, 0.15) is 31.3 Å². The summed E-state index contributed by atoms with van der Waals surface area (Å²) in [5.41, 5.74) is 6.57. The van der Waals surface area contributed by atoms with E-state index in [1.807, 2.05) is 19.9 Å². The first-order valence-electron chi connectivity index (χ1n) is 5.88. The lowest BCUT2D eigenvalue weighted by atomic mass is 10.1. The zero-order chi connectivity index (χ0) is 12.0. The van der Waals surface area contributed by atoms with Gasteiger partial charge in [0.25, 0.3) is 0 Å². The van der Waals surface area contributed by atoms with Crippen molar-refractivity contribution in [3.05, 3.63) is 17.6 Å². The molecular formula is C12H22N4. The normalized spacial score (nSPS) is 12.5. The number of aromatic nitrogens is 2. The van der Waals surface area contributed by atoms with E-state index in [1.165, 1.54) is 0 Å². The third-order valence-electron chi connectivity index (χ3n) is 2.55. The first kappa shape index (κ1) is 12.9. The van der Waals surface area contributed by atoms with Crippen molar-refractivity contribution in [2.75, 3.05) is 18.4 Å². The minimum Gasteiger partial charge on any atom is -0.370 e. The van der Waals surface area contributed by atoms with E-state index >= 15 is 0 Å². The molecule has 0 aliphatic rings. The standard InChI is InChI=1S/C12H22N4/c1-9(8-13)5-4-6-14-12-7-10(2)15-11(3)16-12/h7,9H,4-6,8,13H2,1-3H3,(H,14,15,16). The van der Waals surface area contributed by atoms with Crippen molar-refractivity contribution in [2.45, 2.75) is 33.6 Å². The van der Waals surface area contributed by atoms with Crippen LogP contribution in [0, 0.1) is 19.8 Å². The Bertz CT molecular complexity index is 305. The molecule has 4 nitrogen and oxygen atoms in total. The molecule has 1 aromatic heterocycles. The largest absolute Gasteiger partial charge is 0.370 e. The molecule has 1 aromatic rings. The molecule has 16 heavy (non-hydrogen) atoms. The molecule has 0 saturated carbocycles. The van der Waals surface area contributed by atoms with Crippen molar-refractivity contribution in [3.63, 3.8) is 0 Å². The molecule has 0 aromatic carbocycles. The molecule has 1 unspecified atom stereocenters. The number of rotatable bonds is 6. The summed E-state index contributed by atoms with van der Waals surface area (Å²) in [6, 6.07) is 1.97. The Morgan fingerprint density at radius 2 is 2.12 bits per heavy atom. The van der Waals surface area contributed by atoms with E-state index in [4.69, 9.17) is 5.73 Å². The molecule has 0 fully saturated rings. The Labute approximate surface area is 97.7 Å². The number of nitrogens with one attached hydrogen (secondary N) is 1. The summed E-state index contributed by atoms with van der Waals surface area (Å²) in [7, 11) is 0.